The van der Waals surface area contributed by atoms with Crippen molar-refractivity contribution >= 4 is 0 Å². The van der Waals surface area contributed by atoms with E-state index in [9.17, 15) is 0 Å². The van der Waals surface area contributed by atoms with Gasteiger partial charge in [-0.05, 0) is 38.3 Å². The molecule has 1 aromatic rings. The van der Waals surface area contributed by atoms with E-state index in [0.29, 0.717) is 24.2 Å². The summed E-state index contributed by atoms with van der Waals surface area (Å²) in [7, 11) is 1.76. The molecule has 0 saturated carbocycles. The zero-order valence-corrected chi connectivity index (χ0v) is 12.5. The molecular weight excluding hydrogens is 250 g/mol. The van der Waals surface area contributed by atoms with E-state index in [1.165, 1.54) is 24.8 Å². The molecule has 0 spiro atoms. The van der Waals surface area contributed by atoms with Crippen LogP contribution in [0.5, 0.6) is 5.75 Å². The van der Waals surface area contributed by atoms with Gasteiger partial charge in [0.15, 0.2) is 0 Å². The van der Waals surface area contributed by atoms with Gasteiger partial charge in [0.05, 0.1) is 19.3 Å². The normalized spacial score (nSPS) is 29.6. The van der Waals surface area contributed by atoms with Crippen LogP contribution in [0.4, 0.5) is 0 Å². The molecule has 2 bridgehead atoms. The molecule has 0 amide bonds. The molecule has 2 aliphatic rings. The molecule has 2 saturated heterocycles. The summed E-state index contributed by atoms with van der Waals surface area (Å²) in [5.41, 5.74) is 1.28. The minimum Gasteiger partial charge on any atom is -0.496 e. The van der Waals surface area contributed by atoms with Crippen molar-refractivity contribution in [1.29, 1.82) is 0 Å². The Bertz CT molecular complexity index is 448. The third-order valence-electron chi connectivity index (χ3n) is 4.67. The van der Waals surface area contributed by atoms with Crippen LogP contribution in [0.25, 0.3) is 0 Å². The summed E-state index contributed by atoms with van der Waals surface area (Å²) in [5.74, 6) is 1.57. The average molecular weight is 275 g/mol. The van der Waals surface area contributed by atoms with Gasteiger partial charge in [0.2, 0.25) is 0 Å². The lowest BCUT2D eigenvalue weighted by Gasteiger charge is -2.30. The van der Waals surface area contributed by atoms with Crippen LogP contribution in [0.15, 0.2) is 24.3 Å². The third kappa shape index (κ3) is 2.57. The predicted octanol–water partition coefficient (Wildman–Crippen LogP) is 3.30. The highest BCUT2D eigenvalue weighted by atomic mass is 16.5. The highest BCUT2D eigenvalue weighted by Crippen LogP contribution is 2.46. The molecule has 110 valence electrons. The fourth-order valence-corrected chi connectivity index (χ4v) is 3.74. The van der Waals surface area contributed by atoms with Crippen LogP contribution in [0.1, 0.15) is 44.2 Å². The minimum atomic E-state index is 0.349. The van der Waals surface area contributed by atoms with Gasteiger partial charge < -0.3 is 14.8 Å². The van der Waals surface area contributed by atoms with Crippen LogP contribution in [-0.4, -0.2) is 25.9 Å². The van der Waals surface area contributed by atoms with Gasteiger partial charge in [0.1, 0.15) is 5.75 Å². The van der Waals surface area contributed by atoms with Crippen LogP contribution >= 0.6 is 0 Å². The highest BCUT2D eigenvalue weighted by Gasteiger charge is 2.45. The standard InChI is InChI=1S/C17H25NO2/c1-3-10-18-17(13-6-4-5-7-15(13)19-2)14-11-12-8-9-16(14)20-12/h4-7,12,14,16-18H,3,8-11H2,1-2H3. The van der Waals surface area contributed by atoms with Gasteiger partial charge in [-0.3, -0.25) is 0 Å². The molecule has 0 radical (unpaired) electrons. The molecule has 3 rings (SSSR count). The van der Waals surface area contributed by atoms with Gasteiger partial charge in [-0.1, -0.05) is 25.1 Å². The van der Waals surface area contributed by atoms with E-state index in [2.05, 4.69) is 30.4 Å². The Morgan fingerprint density at radius 3 is 2.85 bits per heavy atom. The van der Waals surface area contributed by atoms with Crippen LogP contribution in [0.2, 0.25) is 0 Å². The molecule has 1 N–H and O–H groups in total. The smallest absolute Gasteiger partial charge is 0.123 e. The maximum Gasteiger partial charge on any atom is 0.123 e. The number of para-hydroxylation sites is 1. The average Bonchev–Trinajstić information content (AvgIpc) is 3.11. The zero-order valence-electron chi connectivity index (χ0n) is 12.5. The molecule has 0 aliphatic carbocycles. The van der Waals surface area contributed by atoms with E-state index >= 15 is 0 Å². The summed E-state index contributed by atoms with van der Waals surface area (Å²) < 4.78 is 11.6. The monoisotopic (exact) mass is 275 g/mol. The first kappa shape index (κ1) is 13.9. The maximum absolute atomic E-state index is 6.06. The Morgan fingerprint density at radius 1 is 1.35 bits per heavy atom. The van der Waals surface area contributed by atoms with Gasteiger partial charge in [-0.15, -0.1) is 0 Å². The number of nitrogens with one attached hydrogen (secondary N) is 1. The second-order valence-electron chi connectivity index (χ2n) is 5.95. The second-order valence-corrected chi connectivity index (χ2v) is 5.95. The van der Waals surface area contributed by atoms with Gasteiger partial charge in [0, 0.05) is 17.5 Å². The fraction of sp³-hybridized carbons (Fsp3) is 0.647. The highest BCUT2D eigenvalue weighted by molar-refractivity contribution is 5.36. The minimum absolute atomic E-state index is 0.349. The number of hydrogen-bond acceptors (Lipinski definition) is 3. The van der Waals surface area contributed by atoms with Crippen molar-refractivity contribution in [2.75, 3.05) is 13.7 Å². The molecular formula is C17H25NO2. The van der Waals surface area contributed by atoms with E-state index in [-0.39, 0.29) is 0 Å². The fourth-order valence-electron chi connectivity index (χ4n) is 3.74. The van der Waals surface area contributed by atoms with E-state index in [1.54, 1.807) is 7.11 Å². The SMILES string of the molecule is CCCNC(c1ccccc1OC)C1CC2CCC1O2. The molecule has 20 heavy (non-hydrogen) atoms. The van der Waals surface area contributed by atoms with Crippen molar-refractivity contribution in [3.05, 3.63) is 29.8 Å². The summed E-state index contributed by atoms with van der Waals surface area (Å²) in [6.07, 6.45) is 5.71. The molecule has 2 aliphatic heterocycles. The number of ether oxygens (including phenoxy) is 2. The van der Waals surface area contributed by atoms with Crippen molar-refractivity contribution in [2.24, 2.45) is 5.92 Å². The van der Waals surface area contributed by atoms with Crippen molar-refractivity contribution in [3.63, 3.8) is 0 Å². The van der Waals surface area contributed by atoms with E-state index in [0.717, 1.165) is 18.7 Å². The maximum atomic E-state index is 6.06. The Morgan fingerprint density at radius 2 is 2.20 bits per heavy atom. The number of hydrogen-bond donors (Lipinski definition) is 1. The quantitative estimate of drug-likeness (QED) is 0.864. The molecule has 3 heteroatoms. The predicted molar refractivity (Wildman–Crippen MR) is 80.0 cm³/mol. The molecule has 4 atom stereocenters. The second kappa shape index (κ2) is 6.15. The Labute approximate surface area is 121 Å². The topological polar surface area (TPSA) is 30.5 Å². The van der Waals surface area contributed by atoms with Gasteiger partial charge in [-0.25, -0.2) is 0 Å². The lowest BCUT2D eigenvalue weighted by atomic mass is 9.80. The van der Waals surface area contributed by atoms with Crippen molar-refractivity contribution < 1.29 is 9.47 Å². The molecule has 3 nitrogen and oxygen atoms in total. The van der Waals surface area contributed by atoms with E-state index in [1.807, 2.05) is 6.07 Å². The Hall–Kier alpha value is -1.06. The van der Waals surface area contributed by atoms with Crippen LogP contribution in [0.3, 0.4) is 0 Å². The number of methoxy groups -OCH3 is 1. The van der Waals surface area contributed by atoms with Gasteiger partial charge in [-0.2, -0.15) is 0 Å². The van der Waals surface area contributed by atoms with Crippen LogP contribution in [-0.2, 0) is 4.74 Å². The molecule has 4 unspecified atom stereocenters. The summed E-state index contributed by atoms with van der Waals surface area (Å²) in [6, 6.07) is 8.74. The molecule has 1 aromatic carbocycles. The molecule has 0 aromatic heterocycles. The van der Waals surface area contributed by atoms with Crippen molar-refractivity contribution in [2.45, 2.75) is 50.9 Å². The van der Waals surface area contributed by atoms with E-state index in [4.69, 9.17) is 9.47 Å². The summed E-state index contributed by atoms with van der Waals surface area (Å²) >= 11 is 0. The van der Waals surface area contributed by atoms with Gasteiger partial charge >= 0.3 is 0 Å². The van der Waals surface area contributed by atoms with Crippen LogP contribution < -0.4 is 10.1 Å². The number of rotatable bonds is 6. The van der Waals surface area contributed by atoms with E-state index < -0.39 is 0 Å². The summed E-state index contributed by atoms with van der Waals surface area (Å²) in [5, 5.41) is 3.73. The van der Waals surface area contributed by atoms with Crippen LogP contribution in [0, 0.1) is 5.92 Å². The Kier molecular flexibility index (Phi) is 4.27. The van der Waals surface area contributed by atoms with Gasteiger partial charge in [0.25, 0.3) is 0 Å². The first-order chi connectivity index (χ1) is 9.83. The van der Waals surface area contributed by atoms with Crippen molar-refractivity contribution in [1.82, 2.24) is 5.32 Å². The molecule has 2 heterocycles. The number of benzene rings is 1. The third-order valence-corrected chi connectivity index (χ3v) is 4.67. The molecule has 2 fully saturated rings. The summed E-state index contributed by atoms with van der Waals surface area (Å²) in [6.45, 7) is 3.25. The zero-order chi connectivity index (χ0) is 13.9. The van der Waals surface area contributed by atoms with Crippen molar-refractivity contribution in [3.8, 4) is 5.75 Å². The Balaban J connectivity index is 1.85. The lowest BCUT2D eigenvalue weighted by Crippen LogP contribution is -2.34. The first-order valence-electron chi connectivity index (χ1n) is 7.85. The lowest BCUT2D eigenvalue weighted by molar-refractivity contribution is 0.0854. The largest absolute Gasteiger partial charge is 0.496 e. The number of fused-ring (bicyclic) bond motifs is 2. The first-order valence-corrected chi connectivity index (χ1v) is 7.85. The summed E-state index contributed by atoms with van der Waals surface area (Å²) in [4.78, 5) is 0.